The maximum Gasteiger partial charge on any atom is 0.137 e. The zero-order valence-electron chi connectivity index (χ0n) is 9.44. The Morgan fingerprint density at radius 1 is 1.44 bits per heavy atom. The van der Waals surface area contributed by atoms with Gasteiger partial charge < -0.3 is 9.52 Å². The Morgan fingerprint density at radius 2 is 2.25 bits per heavy atom. The normalized spacial score (nSPS) is 17.9. The van der Waals surface area contributed by atoms with Crippen LogP contribution < -0.4 is 0 Å². The minimum atomic E-state index is -0.405. The molecule has 1 aliphatic carbocycles. The molecule has 0 spiro atoms. The van der Waals surface area contributed by atoms with Crippen LogP contribution >= 0.6 is 0 Å². The summed E-state index contributed by atoms with van der Waals surface area (Å²) in [6.45, 7) is 2.12. The molecule has 0 amide bonds. The minimum Gasteiger partial charge on any atom is -0.458 e. The molecule has 2 nitrogen and oxygen atoms in total. The minimum absolute atomic E-state index is 0.405. The van der Waals surface area contributed by atoms with Crippen molar-refractivity contribution in [1.82, 2.24) is 0 Å². The monoisotopic (exact) mass is 216 g/mol. The molecule has 2 aromatic rings. The fourth-order valence-electron chi connectivity index (χ4n) is 2.21. The van der Waals surface area contributed by atoms with Crippen molar-refractivity contribution in [3.8, 4) is 0 Å². The summed E-state index contributed by atoms with van der Waals surface area (Å²) >= 11 is 0. The second-order valence-electron chi connectivity index (χ2n) is 4.62. The van der Waals surface area contributed by atoms with E-state index in [4.69, 9.17) is 4.42 Å². The summed E-state index contributed by atoms with van der Waals surface area (Å²) in [5.74, 6) is 1.16. The lowest BCUT2D eigenvalue weighted by Gasteiger charge is -2.03. The van der Waals surface area contributed by atoms with Crippen LogP contribution in [0, 0.1) is 5.92 Å². The van der Waals surface area contributed by atoms with Crippen LogP contribution in [0.15, 0.2) is 28.7 Å². The molecule has 1 fully saturated rings. The molecular weight excluding hydrogens is 200 g/mol. The highest BCUT2D eigenvalue weighted by Crippen LogP contribution is 2.42. The van der Waals surface area contributed by atoms with Crippen molar-refractivity contribution in [2.45, 2.75) is 32.3 Å². The van der Waals surface area contributed by atoms with Gasteiger partial charge in [-0.15, -0.1) is 0 Å². The quantitative estimate of drug-likeness (QED) is 0.852. The van der Waals surface area contributed by atoms with E-state index in [-0.39, 0.29) is 0 Å². The van der Waals surface area contributed by atoms with E-state index >= 15 is 0 Å². The fourth-order valence-corrected chi connectivity index (χ4v) is 2.21. The largest absolute Gasteiger partial charge is 0.458 e. The summed E-state index contributed by atoms with van der Waals surface area (Å²) in [6, 6.07) is 8.15. The first-order valence-corrected chi connectivity index (χ1v) is 5.99. The van der Waals surface area contributed by atoms with Gasteiger partial charge in [-0.1, -0.05) is 25.1 Å². The van der Waals surface area contributed by atoms with Gasteiger partial charge in [0.15, 0.2) is 0 Å². The van der Waals surface area contributed by atoms with E-state index in [1.165, 1.54) is 5.56 Å². The topological polar surface area (TPSA) is 33.4 Å². The van der Waals surface area contributed by atoms with Crippen molar-refractivity contribution < 1.29 is 9.52 Å². The second kappa shape index (κ2) is 3.63. The average molecular weight is 216 g/mol. The van der Waals surface area contributed by atoms with Crippen LogP contribution in [0.5, 0.6) is 0 Å². The van der Waals surface area contributed by atoms with E-state index in [2.05, 4.69) is 13.0 Å². The molecule has 1 aromatic carbocycles. The van der Waals surface area contributed by atoms with Gasteiger partial charge in [0.2, 0.25) is 0 Å². The third kappa shape index (κ3) is 1.54. The molecule has 0 radical (unpaired) electrons. The summed E-state index contributed by atoms with van der Waals surface area (Å²) in [7, 11) is 0. The maximum atomic E-state index is 10.0. The van der Waals surface area contributed by atoms with Gasteiger partial charge in [0.25, 0.3) is 0 Å². The van der Waals surface area contributed by atoms with Crippen LogP contribution in [-0.2, 0) is 6.42 Å². The lowest BCUT2D eigenvalue weighted by Crippen LogP contribution is -1.96. The summed E-state index contributed by atoms with van der Waals surface area (Å²) in [5, 5.41) is 11.1. The molecule has 0 aliphatic heterocycles. The Balaban J connectivity index is 2.07. The number of furan rings is 1. The third-order valence-electron chi connectivity index (χ3n) is 3.39. The highest BCUT2D eigenvalue weighted by molar-refractivity contribution is 5.81. The van der Waals surface area contributed by atoms with E-state index in [1.807, 2.05) is 18.2 Å². The Labute approximate surface area is 94.9 Å². The molecule has 1 unspecified atom stereocenters. The molecule has 1 N–H and O–H groups in total. The Hall–Kier alpha value is -1.28. The van der Waals surface area contributed by atoms with Crippen molar-refractivity contribution in [3.05, 3.63) is 35.6 Å². The van der Waals surface area contributed by atoms with E-state index in [0.717, 1.165) is 36.0 Å². The number of para-hydroxylation sites is 1. The number of rotatable bonds is 3. The highest BCUT2D eigenvalue weighted by atomic mass is 16.4. The van der Waals surface area contributed by atoms with Gasteiger partial charge in [-0.3, -0.25) is 0 Å². The van der Waals surface area contributed by atoms with Crippen molar-refractivity contribution in [2.24, 2.45) is 5.92 Å². The molecule has 84 valence electrons. The zero-order valence-corrected chi connectivity index (χ0v) is 9.44. The SMILES string of the molecule is CCc1cccc2cc(C(O)C3CC3)oc12. The van der Waals surface area contributed by atoms with Crippen LogP contribution in [0.4, 0.5) is 0 Å². The zero-order chi connectivity index (χ0) is 11.1. The van der Waals surface area contributed by atoms with E-state index in [0.29, 0.717) is 5.92 Å². The van der Waals surface area contributed by atoms with Crippen molar-refractivity contribution in [1.29, 1.82) is 0 Å². The van der Waals surface area contributed by atoms with Crippen LogP contribution in [0.2, 0.25) is 0 Å². The molecule has 1 atom stereocenters. The Kier molecular flexibility index (Phi) is 2.25. The molecule has 0 saturated heterocycles. The molecular formula is C14H16O2. The van der Waals surface area contributed by atoms with Crippen LogP contribution in [-0.4, -0.2) is 5.11 Å². The number of aliphatic hydroxyl groups excluding tert-OH is 1. The first-order valence-electron chi connectivity index (χ1n) is 5.99. The molecule has 1 heterocycles. The lowest BCUT2D eigenvalue weighted by molar-refractivity contribution is 0.129. The first-order chi connectivity index (χ1) is 7.79. The number of benzene rings is 1. The summed E-state index contributed by atoms with van der Waals surface area (Å²) < 4.78 is 5.80. The number of hydrogen-bond donors (Lipinski definition) is 1. The lowest BCUT2D eigenvalue weighted by atomic mass is 10.1. The molecule has 1 aliphatic rings. The smallest absolute Gasteiger partial charge is 0.137 e. The molecule has 0 bridgehead atoms. The van der Waals surface area contributed by atoms with Gasteiger partial charge in [0, 0.05) is 5.39 Å². The van der Waals surface area contributed by atoms with E-state index < -0.39 is 6.10 Å². The predicted octanol–water partition coefficient (Wildman–Crippen LogP) is 3.44. The predicted molar refractivity (Wildman–Crippen MR) is 63.3 cm³/mol. The van der Waals surface area contributed by atoms with Gasteiger partial charge in [-0.2, -0.15) is 0 Å². The molecule has 2 heteroatoms. The van der Waals surface area contributed by atoms with Gasteiger partial charge in [0.1, 0.15) is 17.4 Å². The molecule has 1 aromatic heterocycles. The maximum absolute atomic E-state index is 10.0. The third-order valence-corrected chi connectivity index (χ3v) is 3.39. The van der Waals surface area contributed by atoms with E-state index in [9.17, 15) is 5.11 Å². The number of fused-ring (bicyclic) bond motifs is 1. The molecule has 1 saturated carbocycles. The van der Waals surface area contributed by atoms with E-state index in [1.54, 1.807) is 0 Å². The van der Waals surface area contributed by atoms with Gasteiger partial charge in [-0.05, 0) is 36.8 Å². The Morgan fingerprint density at radius 3 is 2.94 bits per heavy atom. The van der Waals surface area contributed by atoms with Crippen molar-refractivity contribution >= 4 is 11.0 Å². The summed E-state index contributed by atoms with van der Waals surface area (Å²) in [6.07, 6.45) is 2.80. The number of aliphatic hydroxyl groups is 1. The molecule has 3 rings (SSSR count). The number of hydrogen-bond acceptors (Lipinski definition) is 2. The average Bonchev–Trinajstić information content (AvgIpc) is 3.06. The van der Waals surface area contributed by atoms with Gasteiger partial charge in [-0.25, -0.2) is 0 Å². The van der Waals surface area contributed by atoms with Crippen molar-refractivity contribution in [3.63, 3.8) is 0 Å². The van der Waals surface area contributed by atoms with Crippen LogP contribution in [0.25, 0.3) is 11.0 Å². The Bertz CT molecular complexity index is 508. The first kappa shape index (κ1) is 9.91. The van der Waals surface area contributed by atoms with Gasteiger partial charge in [0.05, 0.1) is 0 Å². The fraction of sp³-hybridized carbons (Fsp3) is 0.429. The second-order valence-corrected chi connectivity index (χ2v) is 4.62. The number of aryl methyl sites for hydroxylation is 1. The summed E-state index contributed by atoms with van der Waals surface area (Å²) in [5.41, 5.74) is 2.16. The highest BCUT2D eigenvalue weighted by Gasteiger charge is 2.33. The van der Waals surface area contributed by atoms with Crippen molar-refractivity contribution in [2.75, 3.05) is 0 Å². The molecule has 16 heavy (non-hydrogen) atoms. The standard InChI is InChI=1S/C14H16O2/c1-2-9-4-3-5-11-8-12(16-14(9)11)13(15)10-6-7-10/h3-5,8,10,13,15H,2,6-7H2,1H3. The van der Waals surface area contributed by atoms with Crippen LogP contribution in [0.3, 0.4) is 0 Å². The van der Waals surface area contributed by atoms with Crippen LogP contribution in [0.1, 0.15) is 37.2 Å². The summed E-state index contributed by atoms with van der Waals surface area (Å²) in [4.78, 5) is 0. The van der Waals surface area contributed by atoms with Gasteiger partial charge >= 0.3 is 0 Å².